The molecule has 0 fully saturated rings. The second-order valence-corrected chi connectivity index (χ2v) is 10.1. The fourth-order valence-electron chi connectivity index (χ4n) is 4.83. The van der Waals surface area contributed by atoms with E-state index in [1.807, 2.05) is 48.5 Å². The molecule has 0 bridgehead atoms. The summed E-state index contributed by atoms with van der Waals surface area (Å²) in [7, 11) is 0. The Hall–Kier alpha value is -3.59. The molecule has 8 heteroatoms. The van der Waals surface area contributed by atoms with Crippen molar-refractivity contribution in [3.05, 3.63) is 111 Å². The molecule has 0 spiro atoms. The molecule has 0 aliphatic carbocycles. The summed E-state index contributed by atoms with van der Waals surface area (Å²) in [6, 6.07) is 20.1. The second-order valence-electron chi connectivity index (χ2n) is 9.17. The van der Waals surface area contributed by atoms with Crippen LogP contribution in [0.1, 0.15) is 24.5 Å². The Morgan fingerprint density at radius 1 is 1.08 bits per heavy atom. The molecular formula is C29H26BrN3O4. The zero-order chi connectivity index (χ0) is 26.2. The summed E-state index contributed by atoms with van der Waals surface area (Å²) < 4.78 is 2.11. The van der Waals surface area contributed by atoms with Crippen LogP contribution in [0.4, 0.5) is 5.69 Å². The van der Waals surface area contributed by atoms with Crippen molar-refractivity contribution < 1.29 is 15.0 Å². The van der Waals surface area contributed by atoms with Crippen LogP contribution in [0.5, 0.6) is 0 Å². The van der Waals surface area contributed by atoms with Crippen molar-refractivity contribution in [2.45, 2.75) is 25.5 Å². The summed E-state index contributed by atoms with van der Waals surface area (Å²) in [5.41, 5.74) is 0.557. The zero-order valence-electron chi connectivity index (χ0n) is 20.2. The van der Waals surface area contributed by atoms with Crippen LogP contribution in [0.25, 0.3) is 16.5 Å². The smallest absolute Gasteiger partial charge is 0.279 e. The minimum absolute atomic E-state index is 0.00462. The molecule has 1 aliphatic heterocycles. The molecule has 1 aromatic heterocycles. The van der Waals surface area contributed by atoms with Gasteiger partial charge in [-0.25, -0.2) is 0 Å². The first-order valence-electron chi connectivity index (χ1n) is 12.0. The highest BCUT2D eigenvalue weighted by atomic mass is 79.9. The van der Waals surface area contributed by atoms with Crippen molar-refractivity contribution in [2.75, 3.05) is 11.5 Å². The fraction of sp³-hybridized carbons (Fsp3) is 0.207. The van der Waals surface area contributed by atoms with Crippen molar-refractivity contribution in [3.8, 4) is 5.69 Å². The summed E-state index contributed by atoms with van der Waals surface area (Å²) in [6.45, 7) is 1.99. The van der Waals surface area contributed by atoms with Crippen LogP contribution in [-0.4, -0.2) is 32.5 Å². The third-order valence-electron chi connectivity index (χ3n) is 6.80. The Bertz CT molecular complexity index is 1580. The van der Waals surface area contributed by atoms with Crippen molar-refractivity contribution in [1.82, 2.24) is 9.78 Å². The molecule has 188 valence electrons. The number of rotatable bonds is 7. The molecule has 4 aromatic rings. The minimum atomic E-state index is -1.75. The number of hydrogen-bond donors (Lipinski definition) is 2. The molecule has 7 nitrogen and oxygen atoms in total. The van der Waals surface area contributed by atoms with Crippen molar-refractivity contribution in [2.24, 2.45) is 5.92 Å². The average Bonchev–Trinajstić information content (AvgIpc) is 3.11. The minimum Gasteiger partial charge on any atom is -0.396 e. The standard InChI is InChI=1S/C29H26BrN3O4/c1-19(7-4-5-14-34)29(37)25-16-22(30)12-13-26(25)32(28(29)36)18-20-8-6-10-23(15-20)33-27(35)24-11-3-2-9-21(24)17-31-33/h2-4,6-13,15-17,19,34,37H,5,14,18H2,1H3/b7-4+/t19-,29+/m0/s1. The Balaban J connectivity index is 1.51. The van der Waals surface area contributed by atoms with Gasteiger partial charge in [-0.1, -0.05) is 65.3 Å². The van der Waals surface area contributed by atoms with Gasteiger partial charge in [-0.2, -0.15) is 9.78 Å². The highest BCUT2D eigenvalue weighted by Crippen LogP contribution is 2.46. The van der Waals surface area contributed by atoms with Crippen LogP contribution in [0.2, 0.25) is 0 Å². The molecular weight excluding hydrogens is 534 g/mol. The molecule has 0 saturated carbocycles. The number of amides is 1. The van der Waals surface area contributed by atoms with Crippen LogP contribution in [0.3, 0.4) is 0 Å². The second kappa shape index (κ2) is 10.0. The van der Waals surface area contributed by atoms with Gasteiger partial charge in [0.2, 0.25) is 0 Å². The number of nitrogens with zero attached hydrogens (tertiary/aromatic N) is 3. The van der Waals surface area contributed by atoms with Gasteiger partial charge in [0, 0.05) is 27.9 Å². The first-order valence-corrected chi connectivity index (χ1v) is 12.8. The predicted octanol–water partition coefficient (Wildman–Crippen LogP) is 4.46. The lowest BCUT2D eigenvalue weighted by molar-refractivity contribution is -0.139. The van der Waals surface area contributed by atoms with E-state index in [0.717, 1.165) is 15.4 Å². The van der Waals surface area contributed by atoms with Crippen molar-refractivity contribution in [1.29, 1.82) is 0 Å². The lowest BCUT2D eigenvalue weighted by Crippen LogP contribution is -2.44. The topological polar surface area (TPSA) is 95.7 Å². The van der Waals surface area contributed by atoms with E-state index >= 15 is 0 Å². The number of carbonyl (C=O) groups is 1. The van der Waals surface area contributed by atoms with Crippen LogP contribution in [-0.2, 0) is 16.9 Å². The maximum Gasteiger partial charge on any atom is 0.279 e. The molecule has 3 aromatic carbocycles. The number of fused-ring (bicyclic) bond motifs is 2. The number of aliphatic hydroxyl groups excluding tert-OH is 1. The Labute approximate surface area is 222 Å². The SMILES string of the molecule is C[C@@H](/C=C/CCO)[C@]1(O)C(=O)N(Cc2cccc(-n3ncc4ccccc4c3=O)c2)c2ccc(Br)cc21. The van der Waals surface area contributed by atoms with E-state index in [0.29, 0.717) is 28.7 Å². The lowest BCUT2D eigenvalue weighted by Gasteiger charge is -2.27. The Morgan fingerprint density at radius 3 is 2.70 bits per heavy atom. The largest absolute Gasteiger partial charge is 0.396 e. The fourth-order valence-corrected chi connectivity index (χ4v) is 5.20. The van der Waals surface area contributed by atoms with E-state index in [-0.39, 0.29) is 18.7 Å². The van der Waals surface area contributed by atoms with Gasteiger partial charge in [-0.3, -0.25) is 9.59 Å². The molecule has 5 rings (SSSR count). The molecule has 1 aliphatic rings. The summed E-state index contributed by atoms with van der Waals surface area (Å²) in [4.78, 5) is 28.4. The quantitative estimate of drug-likeness (QED) is 0.326. The van der Waals surface area contributed by atoms with Gasteiger partial charge in [0.05, 0.1) is 29.5 Å². The van der Waals surface area contributed by atoms with Crippen LogP contribution < -0.4 is 10.5 Å². The van der Waals surface area contributed by atoms with E-state index < -0.39 is 17.4 Å². The molecule has 0 saturated heterocycles. The summed E-state index contributed by atoms with van der Waals surface area (Å²) >= 11 is 3.46. The van der Waals surface area contributed by atoms with Gasteiger partial charge in [0.1, 0.15) is 0 Å². The number of carbonyl (C=O) groups excluding carboxylic acids is 1. The van der Waals surface area contributed by atoms with Crippen LogP contribution in [0.15, 0.2) is 94.3 Å². The Morgan fingerprint density at radius 2 is 1.89 bits per heavy atom. The van der Waals surface area contributed by atoms with Crippen molar-refractivity contribution >= 4 is 38.3 Å². The summed E-state index contributed by atoms with van der Waals surface area (Å²) in [6.07, 6.45) is 5.64. The van der Waals surface area contributed by atoms with Gasteiger partial charge in [-0.15, -0.1) is 0 Å². The van der Waals surface area contributed by atoms with Crippen LogP contribution in [0, 0.1) is 5.92 Å². The number of aliphatic hydroxyl groups is 2. The number of benzene rings is 3. The first kappa shape index (κ1) is 25.1. The maximum atomic E-state index is 13.7. The first-order chi connectivity index (χ1) is 17.8. The molecule has 2 atom stereocenters. The molecule has 37 heavy (non-hydrogen) atoms. The normalized spacial score (nSPS) is 18.1. The lowest BCUT2D eigenvalue weighted by atomic mass is 9.83. The summed E-state index contributed by atoms with van der Waals surface area (Å²) in [5.74, 6) is -0.940. The van der Waals surface area contributed by atoms with Gasteiger partial charge in [-0.05, 0) is 48.4 Å². The van der Waals surface area contributed by atoms with E-state index in [1.54, 1.807) is 48.4 Å². The van der Waals surface area contributed by atoms with Gasteiger partial charge in [0.25, 0.3) is 11.5 Å². The Kier molecular flexibility index (Phi) is 6.81. The van der Waals surface area contributed by atoms with E-state index in [4.69, 9.17) is 5.11 Å². The van der Waals surface area contributed by atoms with Gasteiger partial charge < -0.3 is 15.1 Å². The molecule has 0 unspecified atom stereocenters. The number of hydrogen-bond acceptors (Lipinski definition) is 5. The monoisotopic (exact) mass is 559 g/mol. The number of anilines is 1. The maximum absolute atomic E-state index is 13.7. The van der Waals surface area contributed by atoms with E-state index in [1.165, 1.54) is 4.68 Å². The molecule has 2 N–H and O–H groups in total. The van der Waals surface area contributed by atoms with E-state index in [9.17, 15) is 14.7 Å². The number of aromatic nitrogens is 2. The third kappa shape index (κ3) is 4.41. The third-order valence-corrected chi connectivity index (χ3v) is 7.30. The number of halogens is 1. The van der Waals surface area contributed by atoms with Gasteiger partial charge in [0.15, 0.2) is 5.60 Å². The molecule has 0 radical (unpaired) electrons. The van der Waals surface area contributed by atoms with E-state index in [2.05, 4.69) is 21.0 Å². The zero-order valence-corrected chi connectivity index (χ0v) is 21.8. The highest BCUT2D eigenvalue weighted by molar-refractivity contribution is 9.10. The molecule has 1 amide bonds. The predicted molar refractivity (Wildman–Crippen MR) is 147 cm³/mol. The van der Waals surface area contributed by atoms with Crippen molar-refractivity contribution in [3.63, 3.8) is 0 Å². The summed E-state index contributed by atoms with van der Waals surface area (Å²) in [5, 5.41) is 26.5. The van der Waals surface area contributed by atoms with Crippen LogP contribution >= 0.6 is 15.9 Å². The molecule has 2 heterocycles. The average molecular weight is 560 g/mol. The highest BCUT2D eigenvalue weighted by Gasteiger charge is 2.52. The van der Waals surface area contributed by atoms with Gasteiger partial charge >= 0.3 is 0 Å².